The number of piperazine rings is 1. The van der Waals surface area contributed by atoms with Gasteiger partial charge in [0.1, 0.15) is 4.90 Å². The molecular weight excluding hydrogens is 435 g/mol. The number of benzene rings is 3. The van der Waals surface area contributed by atoms with Gasteiger partial charge < -0.3 is 0 Å². The van der Waals surface area contributed by atoms with Crippen molar-refractivity contribution in [3.05, 3.63) is 100 Å². The minimum atomic E-state index is -3.95. The van der Waals surface area contributed by atoms with E-state index in [-0.39, 0.29) is 29.0 Å². The highest BCUT2D eigenvalue weighted by molar-refractivity contribution is 7.89. The fraction of sp³-hybridized carbons (Fsp3) is 0.250. The zero-order valence-corrected chi connectivity index (χ0v) is 18.8. The summed E-state index contributed by atoms with van der Waals surface area (Å²) in [6.45, 7) is 3.69. The average Bonchev–Trinajstić information content (AvgIpc) is 2.78. The normalized spacial score (nSPS) is 16.9. The molecule has 0 bridgehead atoms. The molecule has 162 valence electrons. The number of aryl methyl sites for hydroxylation is 1. The molecular formula is C24H24ClFN2O2S. The molecule has 0 aliphatic carbocycles. The highest BCUT2D eigenvalue weighted by atomic mass is 35.5. The van der Waals surface area contributed by atoms with E-state index >= 15 is 0 Å². The van der Waals surface area contributed by atoms with Gasteiger partial charge >= 0.3 is 0 Å². The van der Waals surface area contributed by atoms with Crippen LogP contribution in [0.25, 0.3) is 0 Å². The van der Waals surface area contributed by atoms with Crippen LogP contribution in [0.15, 0.2) is 77.7 Å². The molecule has 31 heavy (non-hydrogen) atoms. The van der Waals surface area contributed by atoms with Gasteiger partial charge in [0.2, 0.25) is 10.0 Å². The van der Waals surface area contributed by atoms with Gasteiger partial charge in [-0.05, 0) is 30.2 Å². The average molecular weight is 459 g/mol. The summed E-state index contributed by atoms with van der Waals surface area (Å²) >= 11 is 5.80. The third kappa shape index (κ3) is 4.53. The summed E-state index contributed by atoms with van der Waals surface area (Å²) in [7, 11) is -3.95. The molecule has 0 saturated carbocycles. The molecule has 3 aromatic carbocycles. The first-order valence-electron chi connectivity index (χ1n) is 10.2. The van der Waals surface area contributed by atoms with Gasteiger partial charge in [0, 0.05) is 26.2 Å². The minimum absolute atomic E-state index is 0.0227. The fourth-order valence-corrected chi connectivity index (χ4v) is 5.76. The third-order valence-electron chi connectivity index (χ3n) is 5.68. The number of nitrogens with zero attached hydrogens (tertiary/aromatic N) is 2. The van der Waals surface area contributed by atoms with Crippen molar-refractivity contribution in [3.8, 4) is 0 Å². The topological polar surface area (TPSA) is 40.6 Å². The third-order valence-corrected chi connectivity index (χ3v) is 7.89. The summed E-state index contributed by atoms with van der Waals surface area (Å²) in [5.74, 6) is -0.895. The number of sulfonamides is 1. The highest BCUT2D eigenvalue weighted by Crippen LogP contribution is 2.31. The second kappa shape index (κ2) is 9.09. The maximum atomic E-state index is 14.4. The van der Waals surface area contributed by atoms with E-state index in [1.54, 1.807) is 0 Å². The van der Waals surface area contributed by atoms with Crippen LogP contribution in [0.5, 0.6) is 0 Å². The summed E-state index contributed by atoms with van der Waals surface area (Å²) in [5.41, 5.74) is 3.51. The Hall–Kier alpha value is -2.25. The van der Waals surface area contributed by atoms with Gasteiger partial charge in [-0.25, -0.2) is 12.8 Å². The molecule has 0 radical (unpaired) electrons. The van der Waals surface area contributed by atoms with Crippen LogP contribution in [0.1, 0.15) is 22.7 Å². The van der Waals surface area contributed by atoms with Gasteiger partial charge in [-0.1, -0.05) is 77.8 Å². The van der Waals surface area contributed by atoms with Crippen molar-refractivity contribution in [1.82, 2.24) is 9.21 Å². The summed E-state index contributed by atoms with van der Waals surface area (Å²) in [4.78, 5) is 1.91. The van der Waals surface area contributed by atoms with E-state index in [0.29, 0.717) is 13.1 Å². The lowest BCUT2D eigenvalue weighted by atomic mass is 9.96. The van der Waals surface area contributed by atoms with Gasteiger partial charge in [0.25, 0.3) is 0 Å². The van der Waals surface area contributed by atoms with Crippen LogP contribution in [0.4, 0.5) is 4.39 Å². The van der Waals surface area contributed by atoms with Gasteiger partial charge in [-0.3, -0.25) is 4.90 Å². The van der Waals surface area contributed by atoms with Crippen LogP contribution in [-0.4, -0.2) is 43.8 Å². The Morgan fingerprint density at radius 2 is 1.45 bits per heavy atom. The Kier molecular flexibility index (Phi) is 6.44. The Bertz CT molecular complexity index is 1150. The van der Waals surface area contributed by atoms with Crippen molar-refractivity contribution in [1.29, 1.82) is 0 Å². The van der Waals surface area contributed by atoms with E-state index in [4.69, 9.17) is 11.6 Å². The largest absolute Gasteiger partial charge is 0.290 e. The standard InChI is InChI=1S/C24H24ClFN2O2S/c1-18-10-12-20(13-11-18)24(19-6-3-2-4-7-19)27-14-16-28(17-15-27)31(29,30)22-9-5-8-21(25)23(22)26/h2-13,24H,14-17H2,1H3/t24-/m1/s1. The molecule has 1 aliphatic rings. The zero-order chi connectivity index (χ0) is 22.0. The van der Waals surface area contributed by atoms with Crippen molar-refractivity contribution in [2.45, 2.75) is 17.9 Å². The van der Waals surface area contributed by atoms with Gasteiger partial charge in [0.05, 0.1) is 11.1 Å². The molecule has 7 heteroatoms. The maximum absolute atomic E-state index is 14.4. The van der Waals surface area contributed by atoms with E-state index in [1.807, 2.05) is 18.2 Å². The van der Waals surface area contributed by atoms with Gasteiger partial charge in [-0.15, -0.1) is 0 Å². The molecule has 0 amide bonds. The lowest BCUT2D eigenvalue weighted by molar-refractivity contribution is 0.155. The number of hydrogen-bond donors (Lipinski definition) is 0. The van der Waals surface area contributed by atoms with Crippen LogP contribution in [-0.2, 0) is 10.0 Å². The Balaban J connectivity index is 1.58. The van der Waals surface area contributed by atoms with Crippen molar-refractivity contribution >= 4 is 21.6 Å². The number of halogens is 2. The first-order valence-corrected chi connectivity index (χ1v) is 12.0. The molecule has 4 nitrogen and oxygen atoms in total. The van der Waals surface area contributed by atoms with Crippen LogP contribution in [0, 0.1) is 12.7 Å². The van der Waals surface area contributed by atoms with Crippen molar-refractivity contribution in [2.24, 2.45) is 0 Å². The zero-order valence-electron chi connectivity index (χ0n) is 17.2. The second-order valence-corrected chi connectivity index (χ2v) is 10.0. The Morgan fingerprint density at radius 3 is 2.10 bits per heavy atom. The number of rotatable bonds is 5. The summed E-state index contributed by atoms with van der Waals surface area (Å²) in [6.07, 6.45) is 0. The maximum Gasteiger partial charge on any atom is 0.246 e. The monoisotopic (exact) mass is 458 g/mol. The molecule has 3 aromatic rings. The lowest BCUT2D eigenvalue weighted by Gasteiger charge is -2.39. The Labute approximate surface area is 187 Å². The smallest absolute Gasteiger partial charge is 0.246 e. The van der Waals surface area contributed by atoms with Gasteiger partial charge in [0.15, 0.2) is 5.82 Å². The predicted octanol–water partition coefficient (Wildman–Crippen LogP) is 4.88. The van der Waals surface area contributed by atoms with Crippen LogP contribution >= 0.6 is 11.6 Å². The molecule has 0 unspecified atom stereocenters. The fourth-order valence-electron chi connectivity index (χ4n) is 4.02. The second-order valence-electron chi connectivity index (χ2n) is 7.72. The molecule has 4 rings (SSSR count). The molecule has 0 aromatic heterocycles. The minimum Gasteiger partial charge on any atom is -0.290 e. The SMILES string of the molecule is Cc1ccc([C@@H](c2ccccc2)N2CCN(S(=O)(=O)c3cccc(Cl)c3F)CC2)cc1. The van der Waals surface area contributed by atoms with E-state index in [2.05, 4.69) is 48.2 Å². The van der Waals surface area contributed by atoms with Crippen LogP contribution in [0.3, 0.4) is 0 Å². The molecule has 1 aliphatic heterocycles. The molecule has 1 atom stereocenters. The van der Waals surface area contributed by atoms with E-state index in [9.17, 15) is 12.8 Å². The molecule has 1 saturated heterocycles. The molecule has 1 heterocycles. The highest BCUT2D eigenvalue weighted by Gasteiger charge is 2.34. The number of hydrogen-bond acceptors (Lipinski definition) is 3. The molecule has 0 N–H and O–H groups in total. The first-order chi connectivity index (χ1) is 14.9. The van der Waals surface area contributed by atoms with E-state index < -0.39 is 15.8 Å². The molecule has 0 spiro atoms. The van der Waals surface area contributed by atoms with Gasteiger partial charge in [-0.2, -0.15) is 4.31 Å². The summed E-state index contributed by atoms with van der Waals surface area (Å²) in [6, 6.07) is 22.7. The van der Waals surface area contributed by atoms with E-state index in [0.717, 1.165) is 11.1 Å². The predicted molar refractivity (Wildman–Crippen MR) is 121 cm³/mol. The van der Waals surface area contributed by atoms with Crippen molar-refractivity contribution < 1.29 is 12.8 Å². The van der Waals surface area contributed by atoms with Crippen molar-refractivity contribution in [3.63, 3.8) is 0 Å². The quantitative estimate of drug-likeness (QED) is 0.547. The Morgan fingerprint density at radius 1 is 0.839 bits per heavy atom. The van der Waals surface area contributed by atoms with E-state index in [1.165, 1.54) is 28.1 Å². The molecule has 1 fully saturated rings. The van der Waals surface area contributed by atoms with Crippen LogP contribution < -0.4 is 0 Å². The van der Waals surface area contributed by atoms with Crippen molar-refractivity contribution in [2.75, 3.05) is 26.2 Å². The first kappa shape index (κ1) is 22.0. The lowest BCUT2D eigenvalue weighted by Crippen LogP contribution is -2.49. The summed E-state index contributed by atoms with van der Waals surface area (Å²) in [5, 5.41) is -0.191. The van der Waals surface area contributed by atoms with Crippen LogP contribution in [0.2, 0.25) is 5.02 Å². The summed E-state index contributed by atoms with van der Waals surface area (Å²) < 4.78 is 41.8.